The largest absolute Gasteiger partial charge is 0.460 e. The number of hydrogen-bond acceptors (Lipinski definition) is 6. The highest BCUT2D eigenvalue weighted by Crippen LogP contribution is 2.43. The zero-order valence-corrected chi connectivity index (χ0v) is 38.1. The average Bonchev–Trinajstić information content (AvgIpc) is 3.79. The summed E-state index contributed by atoms with van der Waals surface area (Å²) in [4.78, 5) is 45.4. The molecule has 314 valence electrons. The number of carbonyl (C=O) groups is 2. The summed E-state index contributed by atoms with van der Waals surface area (Å²) in [5, 5.41) is 0. The van der Waals surface area contributed by atoms with E-state index in [0.29, 0.717) is 45.5 Å². The Hall–Kier alpha value is -4.58. The van der Waals surface area contributed by atoms with Crippen LogP contribution in [0.5, 0.6) is 0 Å². The minimum absolute atomic E-state index is 0.0195. The Morgan fingerprint density at radius 2 is 1.38 bits per heavy atom. The van der Waals surface area contributed by atoms with Gasteiger partial charge in [0.25, 0.3) is 0 Å². The van der Waals surface area contributed by atoms with E-state index < -0.39 is 5.97 Å². The Labute approximate surface area is 346 Å². The highest BCUT2D eigenvalue weighted by atomic mass is 16.5. The number of likely N-dealkylation sites (N-methyl/N-ethyl adjacent to an activating group) is 3. The molecule has 11 nitrogen and oxygen atoms in total. The van der Waals surface area contributed by atoms with Crippen LogP contribution in [0.25, 0.3) is 39.3 Å². The number of allylic oxidation sites excluding steroid dienone is 1. The van der Waals surface area contributed by atoms with Crippen molar-refractivity contribution < 1.29 is 32.5 Å². The smallest absolute Gasteiger partial charge is 0.340 e. The summed E-state index contributed by atoms with van der Waals surface area (Å²) in [7, 11) is 19.1. The lowest BCUT2D eigenvalue weighted by Gasteiger charge is -2.23. The minimum atomic E-state index is -0.391. The topological polar surface area (TPSA) is 110 Å². The Balaban J connectivity index is 1.78. The molecule has 8 bridgehead atoms. The molecule has 3 aromatic heterocycles. The number of hydrogen-bond donors (Lipinski definition) is 2. The van der Waals surface area contributed by atoms with Gasteiger partial charge in [-0.3, -0.25) is 9.78 Å². The van der Waals surface area contributed by atoms with Crippen molar-refractivity contribution in [1.82, 2.24) is 19.9 Å². The molecule has 0 unspecified atom stereocenters. The van der Waals surface area contributed by atoms with Crippen molar-refractivity contribution in [3.05, 3.63) is 74.9 Å². The summed E-state index contributed by atoms with van der Waals surface area (Å²) in [5.74, 6) is -0.733. The van der Waals surface area contributed by atoms with Crippen LogP contribution in [0.15, 0.2) is 24.3 Å². The molecular weight excluding hydrogens is 727 g/mol. The molecule has 0 aliphatic carbocycles. The van der Waals surface area contributed by atoms with E-state index in [1.807, 2.05) is 13.8 Å². The zero-order valence-electron chi connectivity index (χ0n) is 38.1. The highest BCUT2D eigenvalue weighted by Gasteiger charge is 2.34. The van der Waals surface area contributed by atoms with Crippen molar-refractivity contribution in [3.8, 4) is 0 Å². The number of esters is 2. The molecule has 0 radical (unpaired) electrons. The third kappa shape index (κ3) is 10.5. The van der Waals surface area contributed by atoms with Gasteiger partial charge in [0.05, 0.1) is 86.9 Å². The van der Waals surface area contributed by atoms with E-state index in [4.69, 9.17) is 19.4 Å². The van der Waals surface area contributed by atoms with Gasteiger partial charge in [0.2, 0.25) is 0 Å². The number of H-pyrrole nitrogens is 2. The summed E-state index contributed by atoms with van der Waals surface area (Å²) < 4.78 is 13.9. The van der Waals surface area contributed by atoms with Crippen LogP contribution in [0.1, 0.15) is 96.0 Å². The molecule has 3 aromatic rings. The number of quaternary nitrogens is 3. The van der Waals surface area contributed by atoms with E-state index in [9.17, 15) is 9.59 Å². The first-order chi connectivity index (χ1) is 27.0. The molecule has 0 aromatic carbocycles. The fraction of sp³-hybridized carbons (Fsp3) is 0.532. The number of aromatic nitrogens is 4. The third-order valence-electron chi connectivity index (χ3n) is 11.5. The normalized spacial score (nSPS) is 16.4. The zero-order chi connectivity index (χ0) is 42.9. The van der Waals surface area contributed by atoms with Crippen LogP contribution in [-0.2, 0) is 25.5 Å². The summed E-state index contributed by atoms with van der Waals surface area (Å²) in [6, 6.07) is 6.45. The van der Waals surface area contributed by atoms with Crippen molar-refractivity contribution in [2.75, 3.05) is 96.3 Å². The molecule has 58 heavy (non-hydrogen) atoms. The van der Waals surface area contributed by atoms with Gasteiger partial charge in [0.15, 0.2) is 0 Å². The maximum absolute atomic E-state index is 14.1. The molecule has 0 spiro atoms. The SMILES string of the molecule is CCc1c(C)c2cc3[nH]c(cc4nc(c(C)c5nc(cc1[nH]2)C(C)=C5C(=O)OCC[N+](C)(C)C)[C@@H](CCC(=O)OCC[N+](C)(C)C)[C@@H]4C)c(C)c3/C=C/C[N+](C)(C)C. The number of carbonyl (C=O) groups excluding carboxylic acids is 2. The molecule has 0 fully saturated rings. The van der Waals surface area contributed by atoms with E-state index in [0.717, 1.165) is 79.7 Å². The summed E-state index contributed by atoms with van der Waals surface area (Å²) in [6.07, 6.45) is 6.12. The third-order valence-corrected chi connectivity index (χ3v) is 11.5. The molecule has 0 saturated carbocycles. The van der Waals surface area contributed by atoms with Crippen LogP contribution in [0, 0.1) is 20.8 Å². The number of fused-ring (bicyclic) bond motifs is 8. The summed E-state index contributed by atoms with van der Waals surface area (Å²) >= 11 is 0. The maximum Gasteiger partial charge on any atom is 0.340 e. The Kier molecular flexibility index (Phi) is 13.3. The van der Waals surface area contributed by atoms with Crippen molar-refractivity contribution in [1.29, 1.82) is 0 Å². The monoisotopic (exact) mass is 797 g/mol. The predicted octanol–water partition coefficient (Wildman–Crippen LogP) is 7.62. The molecule has 0 amide bonds. The Morgan fingerprint density at radius 3 is 2.00 bits per heavy atom. The van der Waals surface area contributed by atoms with Gasteiger partial charge in [0.1, 0.15) is 26.3 Å². The van der Waals surface area contributed by atoms with Crippen LogP contribution in [0.3, 0.4) is 0 Å². The molecule has 2 aliphatic heterocycles. The molecule has 11 heteroatoms. The number of nitrogens with one attached hydrogen (secondary N) is 2. The van der Waals surface area contributed by atoms with Gasteiger partial charge in [-0.05, 0) is 92.6 Å². The van der Waals surface area contributed by atoms with Gasteiger partial charge < -0.3 is 32.9 Å². The first-order valence-electron chi connectivity index (χ1n) is 20.8. The fourth-order valence-corrected chi connectivity index (χ4v) is 7.74. The number of nitrogens with zero attached hydrogens (tertiary/aromatic N) is 5. The lowest BCUT2D eigenvalue weighted by atomic mass is 9.85. The van der Waals surface area contributed by atoms with Crippen LogP contribution in [0.4, 0.5) is 0 Å². The van der Waals surface area contributed by atoms with Crippen molar-refractivity contribution in [2.24, 2.45) is 0 Å². The highest BCUT2D eigenvalue weighted by molar-refractivity contribution is 6.25. The Morgan fingerprint density at radius 1 is 0.759 bits per heavy atom. The first-order valence-corrected chi connectivity index (χ1v) is 20.8. The van der Waals surface area contributed by atoms with E-state index in [1.54, 1.807) is 0 Å². The van der Waals surface area contributed by atoms with Crippen molar-refractivity contribution >= 4 is 51.2 Å². The molecular formula is C47H70N7O4+3. The van der Waals surface area contributed by atoms with Gasteiger partial charge in [-0.1, -0.05) is 19.9 Å². The molecule has 5 heterocycles. The number of rotatable bonds is 14. The number of ether oxygens (including phenoxy) is 2. The second kappa shape index (κ2) is 17.3. The van der Waals surface area contributed by atoms with E-state index in [1.165, 1.54) is 11.1 Å². The second-order valence-corrected chi connectivity index (χ2v) is 19.4. The average molecular weight is 797 g/mol. The maximum atomic E-state index is 14.1. The fourth-order valence-electron chi connectivity index (χ4n) is 7.74. The van der Waals surface area contributed by atoms with Crippen molar-refractivity contribution in [3.63, 3.8) is 0 Å². The predicted molar refractivity (Wildman–Crippen MR) is 237 cm³/mol. The van der Waals surface area contributed by atoms with E-state index in [-0.39, 0.29) is 30.8 Å². The number of aromatic amines is 2. The van der Waals surface area contributed by atoms with Crippen LogP contribution >= 0.6 is 0 Å². The molecule has 5 rings (SSSR count). The van der Waals surface area contributed by atoms with Crippen LogP contribution in [-0.4, -0.2) is 142 Å². The van der Waals surface area contributed by atoms with Crippen molar-refractivity contribution in [2.45, 2.75) is 72.6 Å². The van der Waals surface area contributed by atoms with Gasteiger partial charge >= 0.3 is 11.9 Å². The van der Waals surface area contributed by atoms with Gasteiger partial charge in [0, 0.05) is 57.3 Å². The lowest BCUT2D eigenvalue weighted by molar-refractivity contribution is -0.870. The molecule has 2 aliphatic rings. The Bertz CT molecular complexity index is 2270. The number of aryl methyl sites for hydroxylation is 3. The van der Waals surface area contributed by atoms with Crippen LogP contribution < -0.4 is 0 Å². The molecule has 2 atom stereocenters. The molecule has 2 N–H and O–H groups in total. The van der Waals surface area contributed by atoms with E-state index >= 15 is 0 Å². The summed E-state index contributed by atoms with van der Waals surface area (Å²) in [6.45, 7) is 15.6. The first kappa shape index (κ1) is 44.5. The van der Waals surface area contributed by atoms with Gasteiger partial charge in [-0.2, -0.15) is 0 Å². The van der Waals surface area contributed by atoms with Crippen LogP contribution in [0.2, 0.25) is 0 Å². The minimum Gasteiger partial charge on any atom is -0.460 e. The summed E-state index contributed by atoms with van der Waals surface area (Å²) in [5.41, 5.74) is 13.7. The van der Waals surface area contributed by atoms with Gasteiger partial charge in [-0.15, -0.1) is 0 Å². The van der Waals surface area contributed by atoms with Gasteiger partial charge in [-0.25, -0.2) is 9.78 Å². The molecule has 0 saturated heterocycles. The lowest BCUT2D eigenvalue weighted by Crippen LogP contribution is -2.38. The van der Waals surface area contributed by atoms with E-state index in [2.05, 4.69) is 131 Å². The second-order valence-electron chi connectivity index (χ2n) is 19.4. The quantitative estimate of drug-likeness (QED) is 0.128. The standard InChI is InChI=1S/C47H69N7O4/c1-16-34-29(2)38-27-42-35(18-17-21-52(7,8)9)30(3)37(49-42)26-39-31(4)36(19-20-43(55)57-24-22-53(10,11)12)45(50-39)33(6)46-44(47(56)58-25-23-54(13,14)15)32(5)40(51-46)28-41(34)48-38/h17-18,26-28,31,36H,16,19-25H2,1-15H3,(H-,48,49,50,51,56)/q+2/p+1/b18-17+/t31-,36-/m0/s1.